The van der Waals surface area contributed by atoms with Crippen LogP contribution in [0.25, 0.3) is 0 Å². The molecule has 0 aromatic heterocycles. The minimum Gasteiger partial charge on any atom is -0.341 e. The van der Waals surface area contributed by atoms with Crippen LogP contribution >= 0.6 is 0 Å². The molecule has 1 N–H and O–H groups in total. The lowest BCUT2D eigenvalue weighted by Gasteiger charge is -2.38. The van der Waals surface area contributed by atoms with Crippen molar-refractivity contribution >= 4 is 5.91 Å². The van der Waals surface area contributed by atoms with Crippen LogP contribution in [0.4, 0.5) is 0 Å². The minimum absolute atomic E-state index is 0.326. The lowest BCUT2D eigenvalue weighted by molar-refractivity contribution is -0.133. The van der Waals surface area contributed by atoms with E-state index in [1.807, 2.05) is 6.92 Å². The third kappa shape index (κ3) is 4.47. The number of carbonyl (C=O) groups is 1. The van der Waals surface area contributed by atoms with Crippen LogP contribution in [0.5, 0.6) is 0 Å². The lowest BCUT2D eigenvalue weighted by Crippen LogP contribution is -2.51. The number of rotatable bonds is 5. The Kier molecular flexibility index (Phi) is 6.34. The van der Waals surface area contributed by atoms with Crippen molar-refractivity contribution in [1.29, 1.82) is 0 Å². The quantitative estimate of drug-likeness (QED) is 0.839. The highest BCUT2D eigenvalue weighted by Gasteiger charge is 2.28. The Labute approximate surface area is 124 Å². The van der Waals surface area contributed by atoms with E-state index in [0.717, 1.165) is 25.6 Å². The standard InChI is InChI=1S/C17H32N2O/c1-3-14-10-16(13-19(12-14)17(20)4-2)18-11-15-8-6-5-7-9-15/h14-16,18H,3-13H2,1-2H3. The summed E-state index contributed by atoms with van der Waals surface area (Å²) >= 11 is 0. The molecule has 2 unspecified atom stereocenters. The largest absolute Gasteiger partial charge is 0.341 e. The van der Waals surface area contributed by atoms with Gasteiger partial charge < -0.3 is 10.2 Å². The molecule has 3 heteroatoms. The van der Waals surface area contributed by atoms with Gasteiger partial charge in [0.15, 0.2) is 0 Å². The normalized spacial score (nSPS) is 28.6. The molecule has 2 aliphatic rings. The van der Waals surface area contributed by atoms with Crippen molar-refractivity contribution in [1.82, 2.24) is 10.2 Å². The van der Waals surface area contributed by atoms with Gasteiger partial charge in [-0.1, -0.05) is 39.5 Å². The number of likely N-dealkylation sites (tertiary alicyclic amines) is 1. The number of nitrogens with one attached hydrogen (secondary N) is 1. The highest BCUT2D eigenvalue weighted by molar-refractivity contribution is 5.76. The fourth-order valence-corrected chi connectivity index (χ4v) is 3.80. The first-order chi connectivity index (χ1) is 9.72. The molecule has 1 heterocycles. The molecular weight excluding hydrogens is 248 g/mol. The Bertz CT molecular complexity index is 299. The van der Waals surface area contributed by atoms with Gasteiger partial charge in [-0.25, -0.2) is 0 Å². The van der Waals surface area contributed by atoms with E-state index in [4.69, 9.17) is 0 Å². The fraction of sp³-hybridized carbons (Fsp3) is 0.941. The SMILES string of the molecule is CCC(=O)N1CC(CC)CC(NCC2CCCCC2)C1. The maximum Gasteiger partial charge on any atom is 0.222 e. The van der Waals surface area contributed by atoms with Crippen molar-refractivity contribution in [2.24, 2.45) is 11.8 Å². The highest BCUT2D eigenvalue weighted by Crippen LogP contribution is 2.24. The van der Waals surface area contributed by atoms with Gasteiger partial charge in [-0.15, -0.1) is 0 Å². The molecule has 0 aromatic carbocycles. The van der Waals surface area contributed by atoms with E-state index < -0.39 is 0 Å². The predicted molar refractivity (Wildman–Crippen MR) is 83.6 cm³/mol. The van der Waals surface area contributed by atoms with Crippen molar-refractivity contribution in [3.8, 4) is 0 Å². The molecule has 2 fully saturated rings. The fourth-order valence-electron chi connectivity index (χ4n) is 3.80. The van der Waals surface area contributed by atoms with Gasteiger partial charge in [-0.3, -0.25) is 4.79 Å². The van der Waals surface area contributed by atoms with E-state index >= 15 is 0 Å². The minimum atomic E-state index is 0.326. The van der Waals surface area contributed by atoms with Gasteiger partial charge in [0.25, 0.3) is 0 Å². The van der Waals surface area contributed by atoms with E-state index in [1.54, 1.807) is 0 Å². The Hall–Kier alpha value is -0.570. The number of carbonyl (C=O) groups excluding carboxylic acids is 1. The molecule has 1 saturated heterocycles. The third-order valence-corrected chi connectivity index (χ3v) is 5.19. The van der Waals surface area contributed by atoms with E-state index in [0.29, 0.717) is 24.3 Å². The van der Waals surface area contributed by atoms with Gasteiger partial charge in [0.2, 0.25) is 5.91 Å². The second kappa shape index (κ2) is 8.02. The lowest BCUT2D eigenvalue weighted by atomic mass is 9.88. The molecule has 0 radical (unpaired) electrons. The van der Waals surface area contributed by atoms with Crippen molar-refractivity contribution in [3.63, 3.8) is 0 Å². The number of nitrogens with zero attached hydrogens (tertiary/aromatic N) is 1. The van der Waals surface area contributed by atoms with Crippen molar-refractivity contribution in [3.05, 3.63) is 0 Å². The molecule has 1 saturated carbocycles. The first-order valence-electron chi connectivity index (χ1n) is 8.74. The zero-order valence-corrected chi connectivity index (χ0v) is 13.4. The van der Waals surface area contributed by atoms with E-state index in [-0.39, 0.29) is 0 Å². The smallest absolute Gasteiger partial charge is 0.222 e. The summed E-state index contributed by atoms with van der Waals surface area (Å²) in [4.78, 5) is 14.1. The van der Waals surface area contributed by atoms with Crippen LogP contribution < -0.4 is 5.32 Å². The zero-order valence-electron chi connectivity index (χ0n) is 13.4. The maximum atomic E-state index is 12.0. The summed E-state index contributed by atoms with van der Waals surface area (Å²) in [5.41, 5.74) is 0. The van der Waals surface area contributed by atoms with Crippen LogP contribution in [0.1, 0.15) is 65.2 Å². The van der Waals surface area contributed by atoms with Crippen molar-refractivity contribution < 1.29 is 4.79 Å². The molecule has 1 aliphatic carbocycles. The summed E-state index contributed by atoms with van der Waals surface area (Å²) in [6.07, 6.45) is 10.1. The van der Waals surface area contributed by atoms with Gasteiger partial charge in [-0.05, 0) is 37.6 Å². The second-order valence-electron chi connectivity index (χ2n) is 6.77. The zero-order chi connectivity index (χ0) is 14.4. The van der Waals surface area contributed by atoms with Crippen LogP contribution in [0.15, 0.2) is 0 Å². The monoisotopic (exact) mass is 280 g/mol. The van der Waals surface area contributed by atoms with Gasteiger partial charge in [0, 0.05) is 25.6 Å². The Balaban J connectivity index is 1.81. The summed E-state index contributed by atoms with van der Waals surface area (Å²) in [6, 6.07) is 0.520. The average molecular weight is 280 g/mol. The molecule has 1 amide bonds. The first kappa shape index (κ1) is 15.8. The molecule has 20 heavy (non-hydrogen) atoms. The summed E-state index contributed by atoms with van der Waals surface area (Å²) in [6.45, 7) is 7.29. The predicted octanol–water partition coefficient (Wildman–Crippen LogP) is 3.19. The number of hydrogen-bond donors (Lipinski definition) is 1. The maximum absolute atomic E-state index is 12.0. The molecule has 116 valence electrons. The topological polar surface area (TPSA) is 32.3 Å². The molecule has 0 aromatic rings. The highest BCUT2D eigenvalue weighted by atomic mass is 16.2. The van der Waals surface area contributed by atoms with Gasteiger partial charge in [0.1, 0.15) is 0 Å². The number of piperidine rings is 1. The first-order valence-corrected chi connectivity index (χ1v) is 8.74. The van der Waals surface area contributed by atoms with E-state index in [1.165, 1.54) is 44.9 Å². The molecule has 3 nitrogen and oxygen atoms in total. The Morgan fingerprint density at radius 2 is 1.85 bits per heavy atom. The summed E-state index contributed by atoms with van der Waals surface area (Å²) in [5.74, 6) is 1.89. The Morgan fingerprint density at radius 3 is 2.50 bits per heavy atom. The second-order valence-corrected chi connectivity index (χ2v) is 6.77. The van der Waals surface area contributed by atoms with Crippen LogP contribution in [0.3, 0.4) is 0 Å². The third-order valence-electron chi connectivity index (χ3n) is 5.19. The van der Waals surface area contributed by atoms with Crippen molar-refractivity contribution in [2.75, 3.05) is 19.6 Å². The Morgan fingerprint density at radius 1 is 1.10 bits per heavy atom. The van der Waals surface area contributed by atoms with E-state index in [9.17, 15) is 4.79 Å². The molecule has 2 rings (SSSR count). The average Bonchev–Trinajstić information content (AvgIpc) is 2.52. The molecule has 2 atom stereocenters. The molecule has 1 aliphatic heterocycles. The van der Waals surface area contributed by atoms with Crippen LogP contribution in [-0.4, -0.2) is 36.5 Å². The van der Waals surface area contributed by atoms with Crippen LogP contribution in [0, 0.1) is 11.8 Å². The van der Waals surface area contributed by atoms with Crippen LogP contribution in [0.2, 0.25) is 0 Å². The molecule has 0 spiro atoms. The van der Waals surface area contributed by atoms with Crippen molar-refractivity contribution in [2.45, 2.75) is 71.3 Å². The molecular formula is C17H32N2O. The van der Waals surface area contributed by atoms with E-state index in [2.05, 4.69) is 17.1 Å². The van der Waals surface area contributed by atoms with Crippen LogP contribution in [-0.2, 0) is 4.79 Å². The van der Waals surface area contributed by atoms with Gasteiger partial charge in [-0.2, -0.15) is 0 Å². The van der Waals surface area contributed by atoms with Gasteiger partial charge >= 0.3 is 0 Å². The number of amides is 1. The number of hydrogen-bond acceptors (Lipinski definition) is 2. The summed E-state index contributed by atoms with van der Waals surface area (Å²) < 4.78 is 0. The molecule has 0 bridgehead atoms. The summed E-state index contributed by atoms with van der Waals surface area (Å²) in [5, 5.41) is 3.77. The summed E-state index contributed by atoms with van der Waals surface area (Å²) in [7, 11) is 0. The van der Waals surface area contributed by atoms with Gasteiger partial charge in [0.05, 0.1) is 0 Å².